The van der Waals surface area contributed by atoms with E-state index in [0.29, 0.717) is 5.92 Å². The summed E-state index contributed by atoms with van der Waals surface area (Å²) in [6, 6.07) is 3.91. The first-order chi connectivity index (χ1) is 8.93. The summed E-state index contributed by atoms with van der Waals surface area (Å²) < 4.78 is 2.18. The summed E-state index contributed by atoms with van der Waals surface area (Å²) in [7, 11) is 0. The van der Waals surface area contributed by atoms with E-state index in [9.17, 15) is 0 Å². The molecule has 1 fully saturated rings. The van der Waals surface area contributed by atoms with Crippen molar-refractivity contribution in [2.75, 3.05) is 13.1 Å². The van der Waals surface area contributed by atoms with Crippen molar-refractivity contribution in [2.45, 2.75) is 25.3 Å². The molecule has 0 aliphatic carbocycles. The number of imidazole rings is 1. The Morgan fingerprint density at radius 3 is 3.22 bits per heavy atom. The molecule has 1 aliphatic rings. The summed E-state index contributed by atoms with van der Waals surface area (Å²) in [6.45, 7) is 2.93. The van der Waals surface area contributed by atoms with Gasteiger partial charge in [0.2, 0.25) is 0 Å². The van der Waals surface area contributed by atoms with Crippen LogP contribution in [-0.4, -0.2) is 32.8 Å². The van der Waals surface area contributed by atoms with E-state index in [-0.39, 0.29) is 0 Å². The highest BCUT2D eigenvalue weighted by molar-refractivity contribution is 5.11. The fourth-order valence-corrected chi connectivity index (χ4v) is 2.50. The van der Waals surface area contributed by atoms with Crippen LogP contribution in [0.1, 0.15) is 30.1 Å². The Labute approximate surface area is 106 Å². The number of hydrogen-bond acceptors (Lipinski definition) is 4. The second-order valence-electron chi connectivity index (χ2n) is 4.70. The molecule has 0 bridgehead atoms. The first kappa shape index (κ1) is 11.3. The minimum atomic E-state index is 0.568. The van der Waals surface area contributed by atoms with Gasteiger partial charge in [0.1, 0.15) is 0 Å². The number of nitrogens with one attached hydrogen (secondary N) is 1. The Kier molecular flexibility index (Phi) is 3.32. The molecule has 94 valence electrons. The monoisotopic (exact) mass is 243 g/mol. The lowest BCUT2D eigenvalue weighted by Crippen LogP contribution is -2.29. The highest BCUT2D eigenvalue weighted by Gasteiger charge is 2.18. The fourth-order valence-electron chi connectivity index (χ4n) is 2.50. The Morgan fingerprint density at radius 1 is 1.44 bits per heavy atom. The molecular weight excluding hydrogens is 226 g/mol. The second-order valence-corrected chi connectivity index (χ2v) is 4.70. The third kappa shape index (κ3) is 2.41. The van der Waals surface area contributed by atoms with Crippen molar-refractivity contribution >= 4 is 0 Å². The normalized spacial score (nSPS) is 19.9. The molecule has 2 aromatic rings. The van der Waals surface area contributed by atoms with Crippen LogP contribution in [0, 0.1) is 0 Å². The largest absolute Gasteiger partial charge is 0.328 e. The molecule has 5 heteroatoms. The minimum Gasteiger partial charge on any atom is -0.328 e. The zero-order chi connectivity index (χ0) is 12.2. The van der Waals surface area contributed by atoms with E-state index in [1.54, 1.807) is 6.20 Å². The fraction of sp³-hybridized carbons (Fsp3) is 0.462. The molecule has 0 radical (unpaired) electrons. The standard InChI is InChI=1S/C13H17N5/c1-3-11(7-14-5-1)13-8-15-10-18(13)9-12-4-2-6-16-17-12/h2,4,6,8,10-11,14H,1,3,5,7,9H2. The summed E-state index contributed by atoms with van der Waals surface area (Å²) in [4.78, 5) is 4.28. The maximum absolute atomic E-state index is 4.28. The van der Waals surface area contributed by atoms with Crippen molar-refractivity contribution in [3.8, 4) is 0 Å². The zero-order valence-electron chi connectivity index (χ0n) is 10.3. The van der Waals surface area contributed by atoms with Crippen LogP contribution >= 0.6 is 0 Å². The molecule has 2 aromatic heterocycles. The van der Waals surface area contributed by atoms with E-state index in [2.05, 4.69) is 25.1 Å². The Balaban J connectivity index is 1.78. The molecule has 5 nitrogen and oxygen atoms in total. The van der Waals surface area contributed by atoms with Crippen LogP contribution in [0.25, 0.3) is 0 Å². The average molecular weight is 243 g/mol. The van der Waals surface area contributed by atoms with E-state index in [0.717, 1.165) is 25.3 Å². The van der Waals surface area contributed by atoms with Gasteiger partial charge in [-0.15, -0.1) is 0 Å². The summed E-state index contributed by atoms with van der Waals surface area (Å²) in [5.74, 6) is 0.568. The lowest BCUT2D eigenvalue weighted by atomic mass is 9.96. The molecular formula is C13H17N5. The van der Waals surface area contributed by atoms with Crippen molar-refractivity contribution in [3.63, 3.8) is 0 Å². The van der Waals surface area contributed by atoms with Crippen LogP contribution in [0.2, 0.25) is 0 Å². The number of hydrogen-bond donors (Lipinski definition) is 1. The molecule has 0 aromatic carbocycles. The first-order valence-electron chi connectivity index (χ1n) is 6.41. The number of aromatic nitrogens is 4. The van der Waals surface area contributed by atoms with Crippen molar-refractivity contribution in [3.05, 3.63) is 42.2 Å². The predicted molar refractivity (Wildman–Crippen MR) is 68.2 cm³/mol. The van der Waals surface area contributed by atoms with Crippen molar-refractivity contribution < 1.29 is 0 Å². The SMILES string of the molecule is c1cnnc(Cn2cncc2C2CCCNC2)c1. The number of rotatable bonds is 3. The summed E-state index contributed by atoms with van der Waals surface area (Å²) in [5.41, 5.74) is 2.27. The van der Waals surface area contributed by atoms with Crippen molar-refractivity contribution in [2.24, 2.45) is 0 Å². The molecule has 1 aliphatic heterocycles. The molecule has 3 heterocycles. The molecule has 3 rings (SSSR count). The van der Waals surface area contributed by atoms with Gasteiger partial charge in [-0.05, 0) is 31.5 Å². The smallest absolute Gasteiger partial charge is 0.0951 e. The van der Waals surface area contributed by atoms with Gasteiger partial charge in [0.05, 0.1) is 18.6 Å². The van der Waals surface area contributed by atoms with Gasteiger partial charge in [0.15, 0.2) is 0 Å². The van der Waals surface area contributed by atoms with Crippen LogP contribution in [0.3, 0.4) is 0 Å². The minimum absolute atomic E-state index is 0.568. The lowest BCUT2D eigenvalue weighted by molar-refractivity contribution is 0.443. The van der Waals surface area contributed by atoms with Crippen LogP contribution < -0.4 is 5.32 Å². The quantitative estimate of drug-likeness (QED) is 0.879. The molecule has 0 saturated carbocycles. The van der Waals surface area contributed by atoms with Gasteiger partial charge in [-0.1, -0.05) is 0 Å². The molecule has 1 N–H and O–H groups in total. The topological polar surface area (TPSA) is 55.6 Å². The molecule has 18 heavy (non-hydrogen) atoms. The van der Waals surface area contributed by atoms with Crippen LogP contribution in [0.5, 0.6) is 0 Å². The van der Waals surface area contributed by atoms with Gasteiger partial charge in [0.25, 0.3) is 0 Å². The van der Waals surface area contributed by atoms with E-state index < -0.39 is 0 Å². The molecule has 0 amide bonds. The Hall–Kier alpha value is -1.75. The third-order valence-electron chi connectivity index (χ3n) is 3.42. The number of piperidine rings is 1. The predicted octanol–water partition coefficient (Wildman–Crippen LogP) is 1.19. The molecule has 1 unspecified atom stereocenters. The third-order valence-corrected chi connectivity index (χ3v) is 3.42. The van der Waals surface area contributed by atoms with Crippen molar-refractivity contribution in [1.29, 1.82) is 0 Å². The maximum Gasteiger partial charge on any atom is 0.0951 e. The van der Waals surface area contributed by atoms with Gasteiger partial charge in [-0.25, -0.2) is 4.98 Å². The summed E-state index contributed by atoms with van der Waals surface area (Å²) in [5, 5.41) is 11.5. The van der Waals surface area contributed by atoms with Crippen LogP contribution in [-0.2, 0) is 6.54 Å². The van der Waals surface area contributed by atoms with Crippen LogP contribution in [0.15, 0.2) is 30.9 Å². The Morgan fingerprint density at radius 2 is 2.44 bits per heavy atom. The average Bonchev–Trinajstić information content (AvgIpc) is 2.89. The van der Waals surface area contributed by atoms with E-state index in [1.807, 2.05) is 24.7 Å². The molecule has 0 spiro atoms. The van der Waals surface area contributed by atoms with Gasteiger partial charge in [-0.2, -0.15) is 10.2 Å². The van der Waals surface area contributed by atoms with Crippen molar-refractivity contribution in [1.82, 2.24) is 25.1 Å². The second kappa shape index (κ2) is 5.27. The molecule has 1 saturated heterocycles. The van der Waals surface area contributed by atoms with Crippen LogP contribution in [0.4, 0.5) is 0 Å². The highest BCUT2D eigenvalue weighted by Crippen LogP contribution is 2.23. The maximum atomic E-state index is 4.28. The van der Waals surface area contributed by atoms with E-state index in [4.69, 9.17) is 0 Å². The Bertz CT molecular complexity index is 487. The zero-order valence-corrected chi connectivity index (χ0v) is 10.3. The van der Waals surface area contributed by atoms with Gasteiger partial charge >= 0.3 is 0 Å². The van der Waals surface area contributed by atoms with Gasteiger partial charge < -0.3 is 9.88 Å². The first-order valence-corrected chi connectivity index (χ1v) is 6.41. The highest BCUT2D eigenvalue weighted by atomic mass is 15.1. The summed E-state index contributed by atoms with van der Waals surface area (Å²) in [6.07, 6.45) is 8.04. The van der Waals surface area contributed by atoms with Gasteiger partial charge in [-0.3, -0.25) is 0 Å². The number of nitrogens with zero attached hydrogens (tertiary/aromatic N) is 4. The van der Waals surface area contributed by atoms with Gasteiger partial charge in [0, 0.05) is 30.6 Å². The summed E-state index contributed by atoms with van der Waals surface area (Å²) >= 11 is 0. The molecule has 1 atom stereocenters. The lowest BCUT2D eigenvalue weighted by Gasteiger charge is -2.23. The van der Waals surface area contributed by atoms with E-state index >= 15 is 0 Å². The van der Waals surface area contributed by atoms with E-state index in [1.165, 1.54) is 18.5 Å².